The summed E-state index contributed by atoms with van der Waals surface area (Å²) in [6.07, 6.45) is 5.66. The summed E-state index contributed by atoms with van der Waals surface area (Å²) in [6, 6.07) is 17.1. The molecule has 154 valence electrons. The minimum Gasteiger partial charge on any atom is -0.308 e. The molecule has 0 radical (unpaired) electrons. The third-order valence-corrected chi connectivity index (χ3v) is 6.79. The first-order valence-electron chi connectivity index (χ1n) is 10.4. The van der Waals surface area contributed by atoms with E-state index in [0.29, 0.717) is 21.3 Å². The molecule has 2 aliphatic rings. The molecule has 2 heterocycles. The summed E-state index contributed by atoms with van der Waals surface area (Å²) >= 11 is 6.72. The van der Waals surface area contributed by atoms with E-state index in [2.05, 4.69) is 6.92 Å². The Morgan fingerprint density at radius 1 is 0.867 bits per heavy atom. The molecule has 2 amide bonds. The summed E-state index contributed by atoms with van der Waals surface area (Å²) in [5.74, 6) is -0.320. The lowest BCUT2D eigenvalue weighted by Crippen LogP contribution is -2.29. The second kappa shape index (κ2) is 9.14. The van der Waals surface area contributed by atoms with Crippen LogP contribution in [0.25, 0.3) is 5.57 Å². The maximum Gasteiger partial charge on any atom is 0.271 e. The van der Waals surface area contributed by atoms with Gasteiger partial charge in [0.1, 0.15) is 0 Å². The van der Waals surface area contributed by atoms with Gasteiger partial charge in [0.2, 0.25) is 0 Å². The highest BCUT2D eigenvalue weighted by atomic mass is 32.2. The molecule has 4 nitrogen and oxygen atoms in total. The fourth-order valence-electron chi connectivity index (χ4n) is 3.91. The number of carbonyl (C=O) groups excluding carboxylic acids is 2. The number of rotatable bonds is 7. The van der Waals surface area contributed by atoms with Gasteiger partial charge in [0.25, 0.3) is 11.8 Å². The number of fused-ring (bicyclic) bond motifs is 1. The zero-order chi connectivity index (χ0) is 21.1. The molecule has 6 heteroatoms. The normalized spacial score (nSPS) is 18.5. The van der Waals surface area contributed by atoms with Gasteiger partial charge >= 0.3 is 0 Å². The molecule has 2 aliphatic heterocycles. The lowest BCUT2D eigenvalue weighted by atomic mass is 10.1. The standard InChI is InChI=1S/C24H24N2O2S2/c1-2-3-4-5-11-16-25-19-15-10-9-14-18(19)20(22(25)27)21-23(28)26(24(29)30-21)17-12-7-6-8-13-17/h6-10,12-15H,2-5,11,16H2,1H3. The van der Waals surface area contributed by atoms with Crippen LogP contribution in [0.1, 0.15) is 44.6 Å². The van der Waals surface area contributed by atoms with Gasteiger partial charge in [-0.1, -0.05) is 93.0 Å². The van der Waals surface area contributed by atoms with Crippen molar-refractivity contribution in [3.8, 4) is 0 Å². The van der Waals surface area contributed by atoms with Gasteiger partial charge in [-0.15, -0.1) is 0 Å². The van der Waals surface area contributed by atoms with E-state index in [1.807, 2.05) is 59.5 Å². The van der Waals surface area contributed by atoms with Crippen molar-refractivity contribution in [2.75, 3.05) is 16.3 Å². The Morgan fingerprint density at radius 2 is 1.57 bits per heavy atom. The number of carbonyl (C=O) groups is 2. The number of anilines is 2. The zero-order valence-electron chi connectivity index (χ0n) is 17.0. The van der Waals surface area contributed by atoms with Crippen LogP contribution in [-0.2, 0) is 9.59 Å². The van der Waals surface area contributed by atoms with Gasteiger partial charge in [-0.3, -0.25) is 14.5 Å². The fraction of sp³-hybridized carbons (Fsp3) is 0.292. The number of para-hydroxylation sites is 2. The Kier molecular flexibility index (Phi) is 6.35. The van der Waals surface area contributed by atoms with Gasteiger partial charge in [0.15, 0.2) is 4.32 Å². The molecule has 2 aromatic rings. The zero-order valence-corrected chi connectivity index (χ0v) is 18.6. The quantitative estimate of drug-likeness (QED) is 0.313. The number of unbranched alkanes of at least 4 members (excludes halogenated alkanes) is 4. The number of benzene rings is 2. The van der Waals surface area contributed by atoms with Crippen molar-refractivity contribution in [1.82, 2.24) is 0 Å². The lowest BCUT2D eigenvalue weighted by molar-refractivity contribution is -0.115. The first kappa shape index (κ1) is 20.8. The van der Waals surface area contributed by atoms with Crippen LogP contribution in [0.2, 0.25) is 0 Å². The van der Waals surface area contributed by atoms with Gasteiger partial charge in [-0.25, -0.2) is 0 Å². The molecule has 0 bridgehead atoms. The monoisotopic (exact) mass is 436 g/mol. The SMILES string of the molecule is CCCCCCCN1C(=O)C(=C2SC(=S)N(c3ccccc3)C2=O)c2ccccc21. The number of hydrogen-bond acceptors (Lipinski definition) is 4. The molecule has 2 aromatic carbocycles. The lowest BCUT2D eigenvalue weighted by Gasteiger charge is -2.17. The second-order valence-electron chi connectivity index (χ2n) is 7.44. The van der Waals surface area contributed by atoms with Crippen LogP contribution in [0.3, 0.4) is 0 Å². The molecule has 0 spiro atoms. The van der Waals surface area contributed by atoms with Crippen molar-refractivity contribution in [2.24, 2.45) is 0 Å². The topological polar surface area (TPSA) is 40.6 Å². The van der Waals surface area contributed by atoms with Gasteiger partial charge in [-0.2, -0.15) is 0 Å². The molecule has 30 heavy (non-hydrogen) atoms. The highest BCUT2D eigenvalue weighted by molar-refractivity contribution is 8.27. The highest BCUT2D eigenvalue weighted by Gasteiger charge is 2.42. The third kappa shape index (κ3) is 3.82. The van der Waals surface area contributed by atoms with Gasteiger partial charge < -0.3 is 4.90 Å². The Morgan fingerprint density at radius 3 is 2.33 bits per heavy atom. The predicted octanol–water partition coefficient (Wildman–Crippen LogP) is 5.78. The average Bonchev–Trinajstić information content (AvgIpc) is 3.20. The van der Waals surface area contributed by atoms with Crippen molar-refractivity contribution in [3.63, 3.8) is 0 Å². The van der Waals surface area contributed by atoms with Crippen molar-refractivity contribution in [1.29, 1.82) is 0 Å². The first-order chi connectivity index (χ1) is 14.6. The van der Waals surface area contributed by atoms with Crippen molar-refractivity contribution in [2.45, 2.75) is 39.0 Å². The Labute approximate surface area is 186 Å². The van der Waals surface area contributed by atoms with Crippen LogP contribution >= 0.6 is 24.0 Å². The maximum atomic E-state index is 13.4. The van der Waals surface area contributed by atoms with E-state index in [0.717, 1.165) is 29.8 Å². The summed E-state index contributed by atoms with van der Waals surface area (Å²) < 4.78 is 0.456. The molecule has 0 N–H and O–H groups in total. The fourth-order valence-corrected chi connectivity index (χ4v) is 5.28. The first-order valence-corrected chi connectivity index (χ1v) is 11.6. The van der Waals surface area contributed by atoms with E-state index in [4.69, 9.17) is 12.2 Å². The van der Waals surface area contributed by atoms with Crippen LogP contribution in [0, 0.1) is 0 Å². The number of thiocarbonyl (C=S) groups is 1. The molecule has 0 aliphatic carbocycles. The molecular weight excluding hydrogens is 412 g/mol. The summed E-state index contributed by atoms with van der Waals surface area (Å²) in [6.45, 7) is 2.86. The molecule has 1 fully saturated rings. The van der Waals surface area contributed by atoms with Crippen LogP contribution in [0.15, 0.2) is 59.5 Å². The largest absolute Gasteiger partial charge is 0.308 e. The van der Waals surface area contributed by atoms with Crippen LogP contribution < -0.4 is 9.80 Å². The molecule has 1 saturated heterocycles. The minimum atomic E-state index is -0.223. The summed E-state index contributed by atoms with van der Waals surface area (Å²) in [5, 5.41) is 0. The Hall–Kier alpha value is -2.44. The van der Waals surface area contributed by atoms with Crippen LogP contribution in [0.5, 0.6) is 0 Å². The summed E-state index contributed by atoms with van der Waals surface area (Å²) in [5.41, 5.74) is 2.92. The van der Waals surface area contributed by atoms with Crippen LogP contribution in [0.4, 0.5) is 11.4 Å². The molecule has 0 atom stereocenters. The van der Waals surface area contributed by atoms with Gasteiger partial charge in [0, 0.05) is 12.1 Å². The number of amides is 2. The van der Waals surface area contributed by atoms with E-state index in [1.54, 1.807) is 0 Å². The molecular formula is C24H24N2O2S2. The van der Waals surface area contributed by atoms with E-state index >= 15 is 0 Å². The average molecular weight is 437 g/mol. The molecule has 0 unspecified atom stereocenters. The highest BCUT2D eigenvalue weighted by Crippen LogP contribution is 2.45. The summed E-state index contributed by atoms with van der Waals surface area (Å²) in [7, 11) is 0. The van der Waals surface area contributed by atoms with E-state index < -0.39 is 0 Å². The number of thioether (sulfide) groups is 1. The molecule has 0 aromatic heterocycles. The predicted molar refractivity (Wildman–Crippen MR) is 129 cm³/mol. The van der Waals surface area contributed by atoms with Crippen molar-refractivity contribution < 1.29 is 9.59 Å². The molecule has 4 rings (SSSR count). The van der Waals surface area contributed by atoms with Crippen molar-refractivity contribution in [3.05, 3.63) is 65.1 Å². The summed E-state index contributed by atoms with van der Waals surface area (Å²) in [4.78, 5) is 30.5. The van der Waals surface area contributed by atoms with Gasteiger partial charge in [-0.05, 0) is 24.6 Å². The van der Waals surface area contributed by atoms with E-state index in [-0.39, 0.29) is 11.8 Å². The molecule has 0 saturated carbocycles. The maximum absolute atomic E-state index is 13.4. The second-order valence-corrected chi connectivity index (χ2v) is 9.08. The number of hydrogen-bond donors (Lipinski definition) is 0. The van der Waals surface area contributed by atoms with E-state index in [9.17, 15) is 9.59 Å². The third-order valence-electron chi connectivity index (χ3n) is 5.42. The van der Waals surface area contributed by atoms with Crippen molar-refractivity contribution >= 4 is 57.1 Å². The number of nitrogens with zero attached hydrogens (tertiary/aromatic N) is 2. The Bertz CT molecular complexity index is 1020. The van der Waals surface area contributed by atoms with Gasteiger partial charge in [0.05, 0.1) is 21.9 Å². The van der Waals surface area contributed by atoms with Crippen LogP contribution in [-0.4, -0.2) is 22.7 Å². The van der Waals surface area contributed by atoms with E-state index in [1.165, 1.54) is 35.9 Å². The smallest absolute Gasteiger partial charge is 0.271 e. The Balaban J connectivity index is 1.65. The minimum absolute atomic E-state index is 0.0970.